The molecule has 2 fully saturated rings. The van der Waals surface area contributed by atoms with Crippen LogP contribution in [0.4, 0.5) is 8.78 Å². The molecule has 3 rings (SSSR count). The van der Waals surface area contributed by atoms with E-state index >= 15 is 0 Å². The number of sulfonamides is 1. The molecule has 5 nitrogen and oxygen atoms in total. The van der Waals surface area contributed by atoms with E-state index in [1.54, 1.807) is 0 Å². The summed E-state index contributed by atoms with van der Waals surface area (Å²) in [6.07, 6.45) is 3.24. The van der Waals surface area contributed by atoms with Crippen molar-refractivity contribution in [3.05, 3.63) is 29.8 Å². The van der Waals surface area contributed by atoms with Crippen molar-refractivity contribution in [1.29, 1.82) is 0 Å². The molecule has 1 aromatic rings. The van der Waals surface area contributed by atoms with Gasteiger partial charge in [0.05, 0.1) is 0 Å². The van der Waals surface area contributed by atoms with Crippen LogP contribution in [0.2, 0.25) is 0 Å². The monoisotopic (exact) mass is 345 g/mol. The Morgan fingerprint density at radius 3 is 2.61 bits per heavy atom. The summed E-state index contributed by atoms with van der Waals surface area (Å²) in [6.45, 7) is 0. The van der Waals surface area contributed by atoms with Gasteiger partial charge < -0.3 is 5.11 Å². The lowest BCUT2D eigenvalue weighted by Crippen LogP contribution is -2.46. The van der Waals surface area contributed by atoms with Gasteiger partial charge in [0.1, 0.15) is 10.9 Å². The molecule has 126 valence electrons. The number of halogens is 2. The first-order chi connectivity index (χ1) is 10.8. The first kappa shape index (κ1) is 16.3. The van der Waals surface area contributed by atoms with E-state index in [0.29, 0.717) is 6.42 Å². The van der Waals surface area contributed by atoms with E-state index in [-0.39, 0.29) is 12.3 Å². The van der Waals surface area contributed by atoms with Crippen molar-refractivity contribution in [3.63, 3.8) is 0 Å². The Morgan fingerprint density at radius 2 is 1.91 bits per heavy atom. The van der Waals surface area contributed by atoms with E-state index < -0.39 is 44.6 Å². The number of rotatable bonds is 3. The van der Waals surface area contributed by atoms with Crippen LogP contribution in [0.1, 0.15) is 32.1 Å². The zero-order valence-electron chi connectivity index (χ0n) is 12.3. The molecule has 0 radical (unpaired) electrons. The van der Waals surface area contributed by atoms with Gasteiger partial charge in [0.2, 0.25) is 10.0 Å². The fourth-order valence-electron chi connectivity index (χ4n) is 3.77. The number of aliphatic carboxylic acids is 1. The summed E-state index contributed by atoms with van der Waals surface area (Å²) < 4.78 is 54.0. The summed E-state index contributed by atoms with van der Waals surface area (Å²) in [5.41, 5.74) is 0. The fraction of sp³-hybridized carbons (Fsp3) is 0.533. The Labute approximate surface area is 133 Å². The van der Waals surface area contributed by atoms with Gasteiger partial charge in [-0.25, -0.2) is 17.2 Å². The molecular weight excluding hydrogens is 328 g/mol. The van der Waals surface area contributed by atoms with Gasteiger partial charge in [-0.1, -0.05) is 18.9 Å². The number of carboxylic acid groups (broad SMARTS) is 1. The summed E-state index contributed by atoms with van der Waals surface area (Å²) in [6, 6.07) is 1.22. The molecule has 1 N–H and O–H groups in total. The Hall–Kier alpha value is -1.54. The van der Waals surface area contributed by atoms with Crippen LogP contribution in [-0.2, 0) is 14.8 Å². The minimum absolute atomic E-state index is 0.0451. The largest absolute Gasteiger partial charge is 0.480 e. The quantitative estimate of drug-likeness (QED) is 0.913. The number of hydrogen-bond donors (Lipinski definition) is 1. The molecule has 3 atom stereocenters. The zero-order valence-corrected chi connectivity index (χ0v) is 13.1. The fourth-order valence-corrected chi connectivity index (χ4v) is 5.72. The summed E-state index contributed by atoms with van der Waals surface area (Å²) in [4.78, 5) is 10.7. The summed E-state index contributed by atoms with van der Waals surface area (Å²) in [5, 5.41) is 9.39. The molecule has 1 heterocycles. The molecule has 23 heavy (non-hydrogen) atoms. The van der Waals surface area contributed by atoms with E-state index in [0.717, 1.165) is 41.8 Å². The van der Waals surface area contributed by atoms with Crippen LogP contribution in [0.15, 0.2) is 23.1 Å². The first-order valence-electron chi connectivity index (χ1n) is 7.54. The van der Waals surface area contributed by atoms with Crippen molar-refractivity contribution < 1.29 is 27.1 Å². The molecule has 1 saturated heterocycles. The number of carboxylic acids is 1. The zero-order chi connectivity index (χ0) is 16.8. The molecule has 1 aliphatic heterocycles. The normalized spacial score (nSPS) is 28.5. The standard InChI is InChI=1S/C15H17F2NO4S/c16-10-5-3-7-13(14(10)17)23(21,22)18-11-6-2-1-4-9(11)8-12(18)15(19)20/h3,5,7,9,11-12H,1-2,4,6,8H2,(H,19,20). The van der Waals surface area contributed by atoms with Crippen LogP contribution in [-0.4, -0.2) is 35.9 Å². The maximum absolute atomic E-state index is 14.0. The molecule has 0 amide bonds. The highest BCUT2D eigenvalue weighted by Crippen LogP contribution is 2.43. The topological polar surface area (TPSA) is 74.7 Å². The van der Waals surface area contributed by atoms with E-state index in [9.17, 15) is 27.1 Å². The third kappa shape index (κ3) is 2.63. The predicted molar refractivity (Wildman–Crippen MR) is 77.2 cm³/mol. The van der Waals surface area contributed by atoms with Gasteiger partial charge >= 0.3 is 5.97 Å². The Morgan fingerprint density at radius 1 is 1.22 bits per heavy atom. The Balaban J connectivity index is 2.08. The van der Waals surface area contributed by atoms with Crippen molar-refractivity contribution in [3.8, 4) is 0 Å². The van der Waals surface area contributed by atoms with Gasteiger partial charge in [-0.3, -0.25) is 4.79 Å². The lowest BCUT2D eigenvalue weighted by Gasteiger charge is -2.32. The SMILES string of the molecule is O=C(O)C1CC2CCCCC2N1S(=O)(=O)c1cccc(F)c1F. The van der Waals surface area contributed by atoms with Gasteiger partial charge in [0.25, 0.3) is 0 Å². The first-order valence-corrected chi connectivity index (χ1v) is 8.98. The second-order valence-electron chi connectivity index (χ2n) is 6.09. The third-order valence-electron chi connectivity index (χ3n) is 4.79. The van der Waals surface area contributed by atoms with Crippen molar-refractivity contribution in [2.24, 2.45) is 5.92 Å². The van der Waals surface area contributed by atoms with E-state index in [2.05, 4.69) is 0 Å². The smallest absolute Gasteiger partial charge is 0.322 e. The highest BCUT2D eigenvalue weighted by Gasteiger charge is 2.51. The molecule has 0 bridgehead atoms. The Bertz CT molecular complexity index is 737. The molecule has 0 spiro atoms. The molecule has 3 unspecified atom stereocenters. The Kier molecular flexibility index (Phi) is 4.14. The summed E-state index contributed by atoms with van der Waals surface area (Å²) >= 11 is 0. The number of hydrogen-bond acceptors (Lipinski definition) is 3. The maximum atomic E-state index is 14.0. The van der Waals surface area contributed by atoms with E-state index in [1.807, 2.05) is 0 Å². The van der Waals surface area contributed by atoms with Crippen molar-refractivity contribution in [2.45, 2.75) is 49.1 Å². The van der Waals surface area contributed by atoms with Crippen molar-refractivity contribution >= 4 is 16.0 Å². The van der Waals surface area contributed by atoms with E-state index in [1.165, 1.54) is 0 Å². The maximum Gasteiger partial charge on any atom is 0.322 e. The van der Waals surface area contributed by atoms with Crippen LogP contribution in [0.3, 0.4) is 0 Å². The van der Waals surface area contributed by atoms with E-state index in [4.69, 9.17) is 0 Å². The van der Waals surface area contributed by atoms with Gasteiger partial charge in [0.15, 0.2) is 11.6 Å². The molecule has 2 aliphatic rings. The minimum atomic E-state index is -4.42. The molecule has 0 aromatic heterocycles. The lowest BCUT2D eigenvalue weighted by atomic mass is 9.85. The van der Waals surface area contributed by atoms with Crippen LogP contribution < -0.4 is 0 Å². The summed E-state index contributed by atoms with van der Waals surface area (Å²) in [7, 11) is -4.42. The van der Waals surface area contributed by atoms with Gasteiger partial charge in [-0.2, -0.15) is 4.31 Å². The van der Waals surface area contributed by atoms with Crippen molar-refractivity contribution in [2.75, 3.05) is 0 Å². The average molecular weight is 345 g/mol. The second kappa shape index (κ2) is 5.83. The van der Waals surface area contributed by atoms with Crippen LogP contribution in [0.25, 0.3) is 0 Å². The van der Waals surface area contributed by atoms with Gasteiger partial charge in [-0.05, 0) is 37.3 Å². The van der Waals surface area contributed by atoms with Gasteiger partial charge in [-0.15, -0.1) is 0 Å². The molecular formula is C15H17F2NO4S. The number of carbonyl (C=O) groups is 1. The van der Waals surface area contributed by atoms with Crippen molar-refractivity contribution in [1.82, 2.24) is 4.31 Å². The third-order valence-corrected chi connectivity index (χ3v) is 6.74. The minimum Gasteiger partial charge on any atom is -0.480 e. The lowest BCUT2D eigenvalue weighted by molar-refractivity contribution is -0.141. The molecule has 1 aliphatic carbocycles. The molecule has 8 heteroatoms. The summed E-state index contributed by atoms with van der Waals surface area (Å²) in [5.74, 6) is -4.02. The van der Waals surface area contributed by atoms with Crippen LogP contribution in [0, 0.1) is 17.6 Å². The predicted octanol–water partition coefficient (Wildman–Crippen LogP) is 2.37. The highest BCUT2D eigenvalue weighted by molar-refractivity contribution is 7.89. The molecule has 1 aromatic carbocycles. The average Bonchev–Trinajstić information content (AvgIpc) is 2.90. The van der Waals surface area contributed by atoms with Gasteiger partial charge in [0, 0.05) is 6.04 Å². The second-order valence-corrected chi connectivity index (χ2v) is 7.90. The van der Waals surface area contributed by atoms with Crippen LogP contribution >= 0.6 is 0 Å². The number of nitrogens with zero attached hydrogens (tertiary/aromatic N) is 1. The number of fused-ring (bicyclic) bond motifs is 1. The van der Waals surface area contributed by atoms with Crippen LogP contribution in [0.5, 0.6) is 0 Å². The molecule has 1 saturated carbocycles. The number of benzene rings is 1. The highest BCUT2D eigenvalue weighted by atomic mass is 32.2.